The summed E-state index contributed by atoms with van der Waals surface area (Å²) in [7, 11) is 0. The van der Waals surface area contributed by atoms with E-state index in [9.17, 15) is 0 Å². The van der Waals surface area contributed by atoms with Crippen molar-refractivity contribution in [3.63, 3.8) is 0 Å². The van der Waals surface area contributed by atoms with Crippen LogP contribution in [-0.4, -0.2) is 12.1 Å². The van der Waals surface area contributed by atoms with E-state index in [1.165, 1.54) is 30.4 Å². The molecule has 2 heterocycles. The van der Waals surface area contributed by atoms with Crippen LogP contribution in [0.15, 0.2) is 12.1 Å². The topological polar surface area (TPSA) is 24.1 Å². The van der Waals surface area contributed by atoms with E-state index in [-0.39, 0.29) is 0 Å². The predicted octanol–water partition coefficient (Wildman–Crippen LogP) is 2.78. The first kappa shape index (κ1) is 13.1. The van der Waals surface area contributed by atoms with E-state index in [4.69, 9.17) is 0 Å². The molecular weight excluding hydrogens is 232 g/mol. The number of hydrogen-bond acceptors (Lipinski definition) is 2. The highest BCUT2D eigenvalue weighted by molar-refractivity contribution is 5.41. The van der Waals surface area contributed by atoms with Gasteiger partial charge in [0.15, 0.2) is 0 Å². The summed E-state index contributed by atoms with van der Waals surface area (Å²) in [6.07, 6.45) is 3.64. The Bertz CT molecular complexity index is 465. The lowest BCUT2D eigenvalue weighted by Gasteiger charge is -2.32. The SMILES string of the molecule is CCC1Cc2cc3c(cc2CN1)CNC(C(C)C)C3. The lowest BCUT2D eigenvalue weighted by molar-refractivity contribution is 0.376. The van der Waals surface area contributed by atoms with Gasteiger partial charge in [-0.25, -0.2) is 0 Å². The van der Waals surface area contributed by atoms with Crippen LogP contribution >= 0.6 is 0 Å². The Labute approximate surface area is 117 Å². The molecule has 0 spiro atoms. The summed E-state index contributed by atoms with van der Waals surface area (Å²) in [6.45, 7) is 9.01. The average molecular weight is 258 g/mol. The maximum Gasteiger partial charge on any atom is 0.0211 e. The Kier molecular flexibility index (Phi) is 3.64. The molecule has 1 aromatic rings. The lowest BCUT2D eigenvalue weighted by atomic mass is 9.85. The van der Waals surface area contributed by atoms with Crippen molar-refractivity contribution in [2.45, 2.75) is 65.2 Å². The number of fused-ring (bicyclic) bond motifs is 2. The Morgan fingerprint density at radius 1 is 1.00 bits per heavy atom. The summed E-state index contributed by atoms with van der Waals surface area (Å²) in [5.74, 6) is 0.717. The summed E-state index contributed by atoms with van der Waals surface area (Å²) in [5.41, 5.74) is 6.22. The minimum atomic E-state index is 0.647. The molecule has 0 radical (unpaired) electrons. The Hall–Kier alpha value is -0.860. The van der Waals surface area contributed by atoms with E-state index < -0.39 is 0 Å². The summed E-state index contributed by atoms with van der Waals surface area (Å²) >= 11 is 0. The van der Waals surface area contributed by atoms with Gasteiger partial charge < -0.3 is 10.6 Å². The molecule has 104 valence electrons. The molecule has 2 aliphatic heterocycles. The normalized spacial score (nSPS) is 26.1. The zero-order valence-corrected chi connectivity index (χ0v) is 12.4. The molecule has 3 rings (SSSR count). The van der Waals surface area contributed by atoms with E-state index in [0.29, 0.717) is 18.0 Å². The monoisotopic (exact) mass is 258 g/mol. The molecule has 2 aliphatic rings. The zero-order valence-electron chi connectivity index (χ0n) is 12.4. The third-order valence-corrected chi connectivity index (χ3v) is 4.86. The largest absolute Gasteiger partial charge is 0.310 e. The van der Waals surface area contributed by atoms with Gasteiger partial charge in [0, 0.05) is 25.2 Å². The van der Waals surface area contributed by atoms with Gasteiger partial charge in [-0.15, -0.1) is 0 Å². The molecule has 0 saturated carbocycles. The Morgan fingerprint density at radius 3 is 2.32 bits per heavy atom. The maximum absolute atomic E-state index is 3.68. The second-order valence-electron chi connectivity index (χ2n) is 6.52. The molecule has 2 N–H and O–H groups in total. The summed E-state index contributed by atoms with van der Waals surface area (Å²) < 4.78 is 0. The Balaban J connectivity index is 1.87. The summed E-state index contributed by atoms with van der Waals surface area (Å²) in [4.78, 5) is 0. The maximum atomic E-state index is 3.68. The van der Waals surface area contributed by atoms with Crippen molar-refractivity contribution in [1.29, 1.82) is 0 Å². The van der Waals surface area contributed by atoms with Gasteiger partial charge >= 0.3 is 0 Å². The van der Waals surface area contributed by atoms with E-state index in [2.05, 4.69) is 43.5 Å². The molecule has 1 aromatic carbocycles. The van der Waals surface area contributed by atoms with Gasteiger partial charge in [-0.2, -0.15) is 0 Å². The highest BCUT2D eigenvalue weighted by Gasteiger charge is 2.24. The van der Waals surface area contributed by atoms with E-state index >= 15 is 0 Å². The van der Waals surface area contributed by atoms with Crippen molar-refractivity contribution in [2.75, 3.05) is 0 Å². The molecule has 0 bridgehead atoms. The van der Waals surface area contributed by atoms with Crippen LogP contribution in [-0.2, 0) is 25.9 Å². The highest BCUT2D eigenvalue weighted by atomic mass is 14.9. The molecule has 0 amide bonds. The van der Waals surface area contributed by atoms with Crippen molar-refractivity contribution >= 4 is 0 Å². The van der Waals surface area contributed by atoms with Gasteiger partial charge in [0.25, 0.3) is 0 Å². The van der Waals surface area contributed by atoms with Crippen molar-refractivity contribution in [1.82, 2.24) is 10.6 Å². The fourth-order valence-corrected chi connectivity index (χ4v) is 3.40. The molecule has 19 heavy (non-hydrogen) atoms. The first-order valence-electron chi connectivity index (χ1n) is 7.77. The van der Waals surface area contributed by atoms with Crippen LogP contribution in [0.5, 0.6) is 0 Å². The first-order valence-corrected chi connectivity index (χ1v) is 7.77. The molecular formula is C17H26N2. The second kappa shape index (κ2) is 5.26. The number of nitrogens with one attached hydrogen (secondary N) is 2. The first-order chi connectivity index (χ1) is 9.17. The van der Waals surface area contributed by atoms with Gasteiger partial charge in [0.05, 0.1) is 0 Å². The quantitative estimate of drug-likeness (QED) is 0.852. The van der Waals surface area contributed by atoms with Gasteiger partial charge in [-0.1, -0.05) is 32.9 Å². The molecule has 2 nitrogen and oxygen atoms in total. The number of benzene rings is 1. The fourth-order valence-electron chi connectivity index (χ4n) is 3.40. The minimum Gasteiger partial charge on any atom is -0.310 e. The van der Waals surface area contributed by atoms with Gasteiger partial charge in [-0.05, 0) is 47.4 Å². The van der Waals surface area contributed by atoms with Crippen LogP contribution in [0.25, 0.3) is 0 Å². The van der Waals surface area contributed by atoms with Crippen LogP contribution < -0.4 is 10.6 Å². The average Bonchev–Trinajstić information content (AvgIpc) is 2.43. The molecule has 2 atom stereocenters. The third-order valence-electron chi connectivity index (χ3n) is 4.86. The standard InChI is InChI=1S/C17H26N2/c1-4-16-7-12-5-13-8-17(11(2)3)19-10-15(13)6-14(12)9-18-16/h5-6,11,16-19H,4,7-10H2,1-3H3. The molecule has 0 fully saturated rings. The van der Waals surface area contributed by atoms with E-state index in [1.54, 1.807) is 11.1 Å². The molecule has 0 aliphatic carbocycles. The highest BCUT2D eigenvalue weighted by Crippen LogP contribution is 2.27. The lowest BCUT2D eigenvalue weighted by Crippen LogP contribution is -2.40. The van der Waals surface area contributed by atoms with Gasteiger partial charge in [0.1, 0.15) is 0 Å². The molecule has 0 aromatic heterocycles. The summed E-state index contributed by atoms with van der Waals surface area (Å²) in [6, 6.07) is 6.26. The third kappa shape index (κ3) is 2.56. The van der Waals surface area contributed by atoms with Crippen LogP contribution in [0.1, 0.15) is 49.4 Å². The number of hydrogen-bond donors (Lipinski definition) is 2. The van der Waals surface area contributed by atoms with Crippen LogP contribution in [0.4, 0.5) is 0 Å². The van der Waals surface area contributed by atoms with Gasteiger partial charge in [-0.3, -0.25) is 0 Å². The smallest absolute Gasteiger partial charge is 0.0211 e. The van der Waals surface area contributed by atoms with Crippen LogP contribution in [0.2, 0.25) is 0 Å². The molecule has 2 unspecified atom stereocenters. The van der Waals surface area contributed by atoms with E-state index in [1.807, 2.05) is 0 Å². The minimum absolute atomic E-state index is 0.647. The second-order valence-corrected chi connectivity index (χ2v) is 6.52. The molecule has 2 heteroatoms. The van der Waals surface area contributed by atoms with E-state index in [0.717, 1.165) is 13.1 Å². The van der Waals surface area contributed by atoms with Crippen molar-refractivity contribution in [3.8, 4) is 0 Å². The molecule has 0 saturated heterocycles. The zero-order chi connectivity index (χ0) is 13.4. The summed E-state index contributed by atoms with van der Waals surface area (Å²) in [5, 5.41) is 7.32. The van der Waals surface area contributed by atoms with Crippen molar-refractivity contribution in [3.05, 3.63) is 34.4 Å². The number of rotatable bonds is 2. The van der Waals surface area contributed by atoms with Crippen molar-refractivity contribution < 1.29 is 0 Å². The van der Waals surface area contributed by atoms with Gasteiger partial charge in [0.2, 0.25) is 0 Å². The van der Waals surface area contributed by atoms with Crippen LogP contribution in [0.3, 0.4) is 0 Å². The van der Waals surface area contributed by atoms with Crippen LogP contribution in [0, 0.1) is 5.92 Å². The Morgan fingerprint density at radius 2 is 1.63 bits per heavy atom. The predicted molar refractivity (Wildman–Crippen MR) is 80.2 cm³/mol. The van der Waals surface area contributed by atoms with Crippen molar-refractivity contribution in [2.24, 2.45) is 5.92 Å². The fraction of sp³-hybridized carbons (Fsp3) is 0.647.